The van der Waals surface area contributed by atoms with Crippen LogP contribution in [-0.4, -0.2) is 0 Å². The maximum atomic E-state index is 14.1. The SMILES string of the molecule is CC(C)(C)c1cc(-c2cccc3ccccc23)ccc1N(c1ccc(-c2cccc(F)c2)cc1)c1cccc2c1oc1ccccc12. The molecule has 228 valence electrons. The average Bonchev–Trinajstić information content (AvgIpc) is 3.48. The van der Waals surface area contributed by atoms with Gasteiger partial charge < -0.3 is 9.32 Å². The lowest BCUT2D eigenvalue weighted by Crippen LogP contribution is -2.19. The first-order valence-electron chi connectivity index (χ1n) is 16.0. The molecule has 47 heavy (non-hydrogen) atoms. The van der Waals surface area contributed by atoms with E-state index < -0.39 is 0 Å². The molecule has 3 heteroatoms. The molecule has 0 amide bonds. The number of anilines is 3. The molecule has 1 heterocycles. The summed E-state index contributed by atoms with van der Waals surface area (Å²) in [7, 11) is 0. The molecule has 1 aromatic heterocycles. The van der Waals surface area contributed by atoms with Crippen molar-refractivity contribution < 1.29 is 8.81 Å². The first-order valence-corrected chi connectivity index (χ1v) is 16.0. The van der Waals surface area contributed by atoms with Crippen LogP contribution in [0.25, 0.3) is 55.0 Å². The molecule has 2 nitrogen and oxygen atoms in total. The fraction of sp³-hybridized carbons (Fsp3) is 0.0909. The van der Waals surface area contributed by atoms with Gasteiger partial charge in [-0.05, 0) is 92.5 Å². The van der Waals surface area contributed by atoms with Gasteiger partial charge in [0.1, 0.15) is 11.4 Å². The highest BCUT2D eigenvalue weighted by molar-refractivity contribution is 6.10. The van der Waals surface area contributed by atoms with Gasteiger partial charge in [0, 0.05) is 16.5 Å². The summed E-state index contributed by atoms with van der Waals surface area (Å²) in [5, 5.41) is 4.62. The maximum Gasteiger partial charge on any atom is 0.159 e. The van der Waals surface area contributed by atoms with Gasteiger partial charge in [-0.3, -0.25) is 0 Å². The molecule has 8 aromatic rings. The predicted octanol–water partition coefficient (Wildman–Crippen LogP) is 13.0. The van der Waals surface area contributed by atoms with E-state index >= 15 is 0 Å². The van der Waals surface area contributed by atoms with Crippen LogP contribution >= 0.6 is 0 Å². The van der Waals surface area contributed by atoms with Crippen LogP contribution in [0.4, 0.5) is 21.5 Å². The van der Waals surface area contributed by atoms with Crippen molar-refractivity contribution >= 4 is 49.8 Å². The molecule has 0 spiro atoms. The van der Waals surface area contributed by atoms with Gasteiger partial charge in [-0.15, -0.1) is 0 Å². The van der Waals surface area contributed by atoms with Crippen molar-refractivity contribution in [3.63, 3.8) is 0 Å². The summed E-state index contributed by atoms with van der Waals surface area (Å²) in [6.07, 6.45) is 0. The Morgan fingerprint density at radius 3 is 2.02 bits per heavy atom. The highest BCUT2D eigenvalue weighted by Crippen LogP contribution is 2.46. The monoisotopic (exact) mass is 611 g/mol. The zero-order valence-electron chi connectivity index (χ0n) is 26.7. The topological polar surface area (TPSA) is 16.4 Å². The lowest BCUT2D eigenvalue weighted by Gasteiger charge is -2.32. The van der Waals surface area contributed by atoms with E-state index in [0.29, 0.717) is 0 Å². The van der Waals surface area contributed by atoms with Crippen LogP contribution in [0.1, 0.15) is 26.3 Å². The molecular formula is C44H34FNO. The molecule has 0 saturated heterocycles. The van der Waals surface area contributed by atoms with Gasteiger partial charge in [0.25, 0.3) is 0 Å². The van der Waals surface area contributed by atoms with Crippen molar-refractivity contribution in [2.45, 2.75) is 26.2 Å². The Hall–Kier alpha value is -5.67. The Kier molecular flexibility index (Phi) is 6.91. The minimum absolute atomic E-state index is 0.183. The number of nitrogens with zero attached hydrogens (tertiary/aromatic N) is 1. The van der Waals surface area contributed by atoms with Crippen molar-refractivity contribution in [1.29, 1.82) is 0 Å². The molecule has 0 aliphatic heterocycles. The highest BCUT2D eigenvalue weighted by Gasteiger charge is 2.26. The summed E-state index contributed by atoms with van der Waals surface area (Å²) >= 11 is 0. The summed E-state index contributed by atoms with van der Waals surface area (Å²) in [5.41, 5.74) is 9.94. The molecule has 0 unspecified atom stereocenters. The Labute approximate surface area is 274 Å². The van der Waals surface area contributed by atoms with Crippen molar-refractivity contribution in [1.82, 2.24) is 0 Å². The van der Waals surface area contributed by atoms with E-state index in [4.69, 9.17) is 4.42 Å². The lowest BCUT2D eigenvalue weighted by atomic mass is 9.83. The van der Waals surface area contributed by atoms with Gasteiger partial charge in [-0.1, -0.05) is 124 Å². The molecule has 0 bridgehead atoms. The van der Waals surface area contributed by atoms with Crippen LogP contribution in [0, 0.1) is 5.82 Å². The van der Waals surface area contributed by atoms with Crippen LogP contribution in [0.5, 0.6) is 0 Å². The number of benzene rings is 7. The zero-order valence-corrected chi connectivity index (χ0v) is 26.7. The normalized spacial score (nSPS) is 11.8. The summed E-state index contributed by atoms with van der Waals surface area (Å²) < 4.78 is 20.7. The molecule has 0 saturated carbocycles. The van der Waals surface area contributed by atoms with Gasteiger partial charge in [-0.2, -0.15) is 0 Å². The molecular weight excluding hydrogens is 577 g/mol. The second-order valence-corrected chi connectivity index (χ2v) is 13.2. The minimum atomic E-state index is -0.245. The molecule has 0 radical (unpaired) electrons. The molecule has 0 atom stereocenters. The first kappa shape index (κ1) is 28.8. The van der Waals surface area contributed by atoms with Crippen LogP contribution in [0.15, 0.2) is 156 Å². The summed E-state index contributed by atoms with van der Waals surface area (Å²) in [4.78, 5) is 2.31. The van der Waals surface area contributed by atoms with E-state index in [1.54, 1.807) is 12.1 Å². The van der Waals surface area contributed by atoms with Crippen LogP contribution < -0.4 is 4.90 Å². The number of hydrogen-bond acceptors (Lipinski definition) is 2. The van der Waals surface area contributed by atoms with Crippen molar-refractivity contribution in [3.05, 3.63) is 163 Å². The summed E-state index contributed by atoms with van der Waals surface area (Å²) in [6.45, 7) is 6.81. The van der Waals surface area contributed by atoms with Crippen LogP contribution in [0.3, 0.4) is 0 Å². The predicted molar refractivity (Wildman–Crippen MR) is 195 cm³/mol. The number of fused-ring (bicyclic) bond motifs is 4. The quantitative estimate of drug-likeness (QED) is 0.192. The largest absolute Gasteiger partial charge is 0.454 e. The molecule has 0 aliphatic rings. The van der Waals surface area contributed by atoms with E-state index in [0.717, 1.165) is 50.1 Å². The number of furan rings is 1. The Morgan fingerprint density at radius 1 is 0.532 bits per heavy atom. The third kappa shape index (κ3) is 5.14. The maximum absolute atomic E-state index is 14.1. The molecule has 0 N–H and O–H groups in total. The molecule has 0 aliphatic carbocycles. The number of rotatable bonds is 5. The number of para-hydroxylation sites is 2. The van der Waals surface area contributed by atoms with Gasteiger partial charge >= 0.3 is 0 Å². The zero-order chi connectivity index (χ0) is 32.1. The smallest absolute Gasteiger partial charge is 0.159 e. The number of halogens is 1. The number of hydrogen-bond donors (Lipinski definition) is 0. The third-order valence-corrected chi connectivity index (χ3v) is 9.05. The van der Waals surface area contributed by atoms with E-state index in [2.05, 4.69) is 141 Å². The van der Waals surface area contributed by atoms with Crippen LogP contribution in [0.2, 0.25) is 0 Å². The van der Waals surface area contributed by atoms with E-state index in [1.165, 1.54) is 33.5 Å². The molecule has 7 aromatic carbocycles. The third-order valence-electron chi connectivity index (χ3n) is 9.05. The molecule has 8 rings (SSSR count). The van der Waals surface area contributed by atoms with Gasteiger partial charge in [-0.25, -0.2) is 4.39 Å². The standard InChI is InChI=1S/C44H34FNO/c1-44(2,3)39-28-32(36-17-9-12-30-11-4-5-15-35(30)36)23-26-40(39)46(34-24-21-29(22-25-34)31-13-8-14-33(45)27-31)41-19-10-18-38-37-16-6-7-20-42(37)47-43(38)41/h4-28H,1-3H3. The van der Waals surface area contributed by atoms with Crippen molar-refractivity contribution in [3.8, 4) is 22.3 Å². The second kappa shape index (κ2) is 11.3. The minimum Gasteiger partial charge on any atom is -0.454 e. The van der Waals surface area contributed by atoms with Crippen LogP contribution in [-0.2, 0) is 5.41 Å². The van der Waals surface area contributed by atoms with Crippen molar-refractivity contribution in [2.75, 3.05) is 4.90 Å². The first-order chi connectivity index (χ1) is 22.8. The van der Waals surface area contributed by atoms with E-state index in [-0.39, 0.29) is 11.2 Å². The molecule has 0 fully saturated rings. The van der Waals surface area contributed by atoms with Crippen molar-refractivity contribution in [2.24, 2.45) is 0 Å². The fourth-order valence-corrected chi connectivity index (χ4v) is 6.76. The van der Waals surface area contributed by atoms with Gasteiger partial charge in [0.05, 0.1) is 11.4 Å². The van der Waals surface area contributed by atoms with E-state index in [9.17, 15) is 4.39 Å². The van der Waals surface area contributed by atoms with Gasteiger partial charge in [0.2, 0.25) is 0 Å². The Morgan fingerprint density at radius 2 is 1.21 bits per heavy atom. The van der Waals surface area contributed by atoms with Gasteiger partial charge in [0.15, 0.2) is 5.58 Å². The summed E-state index contributed by atoms with van der Waals surface area (Å²) in [6, 6.07) is 51.6. The Bertz CT molecular complexity index is 2410. The lowest BCUT2D eigenvalue weighted by molar-refractivity contribution is 0.591. The van der Waals surface area contributed by atoms with E-state index in [1.807, 2.05) is 18.2 Å². The Balaban J connectivity index is 1.36. The highest BCUT2D eigenvalue weighted by atomic mass is 19.1. The second-order valence-electron chi connectivity index (χ2n) is 13.2. The summed E-state index contributed by atoms with van der Waals surface area (Å²) in [5.74, 6) is -0.245. The fourth-order valence-electron chi connectivity index (χ4n) is 6.76. The average molecular weight is 612 g/mol.